The highest BCUT2D eigenvalue weighted by Gasteiger charge is 2.13. The zero-order chi connectivity index (χ0) is 11.4. The second-order valence-electron chi connectivity index (χ2n) is 3.76. The minimum absolute atomic E-state index is 0.436. The monoisotopic (exact) mass is 203 g/mol. The Morgan fingerprint density at radius 1 is 1.20 bits per heavy atom. The molecule has 0 spiro atoms. The van der Waals surface area contributed by atoms with Crippen molar-refractivity contribution in [2.45, 2.75) is 33.8 Å². The minimum Gasteiger partial charge on any atom is -0.359 e. The molecule has 0 N–H and O–H groups in total. The molecular formula is C13H17NO. The maximum absolute atomic E-state index is 9.02. The summed E-state index contributed by atoms with van der Waals surface area (Å²) < 4.78 is 5.39. The van der Waals surface area contributed by atoms with E-state index in [-0.39, 0.29) is 0 Å². The van der Waals surface area contributed by atoms with Crippen LogP contribution in [0.1, 0.15) is 35.3 Å². The average Bonchev–Trinajstić information content (AvgIpc) is 2.20. The smallest absolute Gasteiger partial charge is 0.169 e. The maximum atomic E-state index is 9.02. The van der Waals surface area contributed by atoms with Crippen molar-refractivity contribution >= 4 is 0 Å². The second kappa shape index (κ2) is 4.95. The highest BCUT2D eigenvalue weighted by molar-refractivity contribution is 5.39. The van der Waals surface area contributed by atoms with Crippen LogP contribution in [0.4, 0.5) is 0 Å². The minimum atomic E-state index is -0.436. The van der Waals surface area contributed by atoms with Crippen molar-refractivity contribution < 1.29 is 4.74 Å². The summed E-state index contributed by atoms with van der Waals surface area (Å²) in [5, 5.41) is 9.02. The van der Waals surface area contributed by atoms with Crippen LogP contribution in [0.25, 0.3) is 0 Å². The summed E-state index contributed by atoms with van der Waals surface area (Å²) >= 11 is 0. The molecule has 1 aromatic rings. The molecule has 1 rings (SSSR count). The molecule has 1 unspecified atom stereocenters. The largest absolute Gasteiger partial charge is 0.359 e. The number of rotatable bonds is 3. The molecule has 0 aromatic heterocycles. The van der Waals surface area contributed by atoms with E-state index in [2.05, 4.69) is 26.0 Å². The Morgan fingerprint density at radius 3 is 2.33 bits per heavy atom. The van der Waals surface area contributed by atoms with Crippen molar-refractivity contribution in [1.29, 1.82) is 5.26 Å². The molecule has 1 aromatic carbocycles. The van der Waals surface area contributed by atoms with Gasteiger partial charge >= 0.3 is 0 Å². The maximum Gasteiger partial charge on any atom is 0.169 e. The third kappa shape index (κ3) is 2.57. The number of nitrogens with zero attached hydrogens (tertiary/aromatic N) is 1. The molecule has 0 aliphatic carbocycles. The van der Waals surface area contributed by atoms with Gasteiger partial charge in [-0.05, 0) is 49.9 Å². The van der Waals surface area contributed by atoms with E-state index in [1.807, 2.05) is 19.9 Å². The van der Waals surface area contributed by atoms with Crippen molar-refractivity contribution in [1.82, 2.24) is 0 Å². The van der Waals surface area contributed by atoms with Crippen LogP contribution in [0.5, 0.6) is 0 Å². The van der Waals surface area contributed by atoms with E-state index in [0.29, 0.717) is 6.61 Å². The van der Waals surface area contributed by atoms with Crippen molar-refractivity contribution in [3.8, 4) is 6.07 Å². The predicted octanol–water partition coefficient (Wildman–Crippen LogP) is 3.21. The SMILES string of the molecule is CCOC(C#N)c1cc(C)c(C)cc1C. The number of ether oxygens (including phenoxy) is 1. The molecule has 1 atom stereocenters. The van der Waals surface area contributed by atoms with E-state index >= 15 is 0 Å². The van der Waals surface area contributed by atoms with Crippen LogP contribution in [-0.2, 0) is 4.74 Å². The normalized spacial score (nSPS) is 12.2. The molecule has 0 amide bonds. The lowest BCUT2D eigenvalue weighted by molar-refractivity contribution is 0.101. The van der Waals surface area contributed by atoms with Crippen LogP contribution >= 0.6 is 0 Å². The molecule has 0 bridgehead atoms. The molecule has 0 heterocycles. The van der Waals surface area contributed by atoms with E-state index < -0.39 is 6.10 Å². The van der Waals surface area contributed by atoms with Gasteiger partial charge in [-0.3, -0.25) is 0 Å². The quantitative estimate of drug-likeness (QED) is 0.755. The molecule has 0 saturated heterocycles. The van der Waals surface area contributed by atoms with Crippen molar-refractivity contribution in [2.75, 3.05) is 6.61 Å². The molecule has 0 saturated carbocycles. The van der Waals surface area contributed by atoms with Crippen LogP contribution in [0.15, 0.2) is 12.1 Å². The van der Waals surface area contributed by atoms with E-state index in [1.54, 1.807) is 0 Å². The number of hydrogen-bond donors (Lipinski definition) is 0. The van der Waals surface area contributed by atoms with Gasteiger partial charge in [0, 0.05) is 6.61 Å². The van der Waals surface area contributed by atoms with E-state index in [4.69, 9.17) is 10.00 Å². The van der Waals surface area contributed by atoms with E-state index in [9.17, 15) is 0 Å². The summed E-state index contributed by atoms with van der Waals surface area (Å²) in [6.07, 6.45) is -0.436. The Morgan fingerprint density at radius 2 is 1.80 bits per heavy atom. The Balaban J connectivity index is 3.13. The van der Waals surface area contributed by atoms with E-state index in [1.165, 1.54) is 11.1 Å². The van der Waals surface area contributed by atoms with Crippen LogP contribution in [0, 0.1) is 32.1 Å². The Hall–Kier alpha value is -1.33. The second-order valence-corrected chi connectivity index (χ2v) is 3.76. The zero-order valence-electron chi connectivity index (χ0n) is 9.79. The summed E-state index contributed by atoms with van der Waals surface area (Å²) in [6, 6.07) is 6.34. The van der Waals surface area contributed by atoms with Crippen molar-refractivity contribution in [3.63, 3.8) is 0 Å². The highest BCUT2D eigenvalue weighted by Crippen LogP contribution is 2.23. The van der Waals surface area contributed by atoms with Gasteiger partial charge in [-0.15, -0.1) is 0 Å². The molecule has 2 nitrogen and oxygen atoms in total. The number of hydrogen-bond acceptors (Lipinski definition) is 2. The molecule has 2 heteroatoms. The van der Waals surface area contributed by atoms with Gasteiger partial charge in [0.1, 0.15) is 0 Å². The number of benzene rings is 1. The molecule has 0 radical (unpaired) electrons. The van der Waals surface area contributed by atoms with Crippen molar-refractivity contribution in [2.24, 2.45) is 0 Å². The Kier molecular flexibility index (Phi) is 3.88. The summed E-state index contributed by atoms with van der Waals surface area (Å²) in [6.45, 7) is 8.61. The summed E-state index contributed by atoms with van der Waals surface area (Å²) in [5.41, 5.74) is 4.57. The first-order chi connectivity index (χ1) is 7.10. The van der Waals surface area contributed by atoms with Gasteiger partial charge in [0.2, 0.25) is 0 Å². The third-order valence-electron chi connectivity index (χ3n) is 2.62. The van der Waals surface area contributed by atoms with Gasteiger partial charge in [-0.1, -0.05) is 12.1 Å². The van der Waals surface area contributed by atoms with Crippen LogP contribution in [0.3, 0.4) is 0 Å². The van der Waals surface area contributed by atoms with Crippen LogP contribution in [-0.4, -0.2) is 6.61 Å². The Labute approximate surface area is 91.5 Å². The molecule has 80 valence electrons. The lowest BCUT2D eigenvalue weighted by Crippen LogP contribution is -2.04. The molecular weight excluding hydrogens is 186 g/mol. The third-order valence-corrected chi connectivity index (χ3v) is 2.62. The lowest BCUT2D eigenvalue weighted by Gasteiger charge is -2.14. The van der Waals surface area contributed by atoms with Gasteiger partial charge in [-0.2, -0.15) is 5.26 Å². The number of aryl methyl sites for hydroxylation is 3. The van der Waals surface area contributed by atoms with Gasteiger partial charge in [0.05, 0.1) is 6.07 Å². The number of nitriles is 1. The zero-order valence-corrected chi connectivity index (χ0v) is 9.79. The summed E-state index contributed by atoms with van der Waals surface area (Å²) in [7, 11) is 0. The summed E-state index contributed by atoms with van der Waals surface area (Å²) in [4.78, 5) is 0. The standard InChI is InChI=1S/C13H17NO/c1-5-15-13(8-14)12-7-10(3)9(2)6-11(12)4/h6-7,13H,5H2,1-4H3. The van der Waals surface area contributed by atoms with Crippen molar-refractivity contribution in [3.05, 3.63) is 34.4 Å². The fraction of sp³-hybridized carbons (Fsp3) is 0.462. The van der Waals surface area contributed by atoms with Gasteiger partial charge in [0.15, 0.2) is 6.10 Å². The Bertz CT molecular complexity index is 390. The molecule has 0 aliphatic rings. The van der Waals surface area contributed by atoms with E-state index in [0.717, 1.165) is 11.1 Å². The first kappa shape index (κ1) is 11.7. The lowest BCUT2D eigenvalue weighted by atomic mass is 9.98. The average molecular weight is 203 g/mol. The fourth-order valence-electron chi connectivity index (χ4n) is 1.63. The first-order valence-corrected chi connectivity index (χ1v) is 5.19. The predicted molar refractivity (Wildman–Crippen MR) is 60.6 cm³/mol. The molecule has 0 aliphatic heterocycles. The summed E-state index contributed by atoms with van der Waals surface area (Å²) in [5.74, 6) is 0. The van der Waals surface area contributed by atoms with Gasteiger partial charge < -0.3 is 4.74 Å². The highest BCUT2D eigenvalue weighted by atomic mass is 16.5. The first-order valence-electron chi connectivity index (χ1n) is 5.19. The fourth-order valence-corrected chi connectivity index (χ4v) is 1.63. The molecule has 0 fully saturated rings. The topological polar surface area (TPSA) is 33.0 Å². The van der Waals surface area contributed by atoms with Gasteiger partial charge in [0.25, 0.3) is 0 Å². The van der Waals surface area contributed by atoms with Crippen LogP contribution in [0.2, 0.25) is 0 Å². The molecule has 15 heavy (non-hydrogen) atoms. The van der Waals surface area contributed by atoms with Gasteiger partial charge in [-0.25, -0.2) is 0 Å². The van der Waals surface area contributed by atoms with Crippen LogP contribution < -0.4 is 0 Å².